The van der Waals surface area contributed by atoms with Crippen LogP contribution in [0.15, 0.2) is 45.3 Å². The van der Waals surface area contributed by atoms with Crippen LogP contribution >= 0.6 is 27.3 Å². The quantitative estimate of drug-likeness (QED) is 0.614. The van der Waals surface area contributed by atoms with Crippen LogP contribution in [-0.2, 0) is 6.18 Å². The van der Waals surface area contributed by atoms with Crippen molar-refractivity contribution in [1.29, 1.82) is 0 Å². The molecule has 0 saturated carbocycles. The molecule has 0 fully saturated rings. The number of benzene rings is 1. The van der Waals surface area contributed by atoms with Gasteiger partial charge in [0.15, 0.2) is 0 Å². The van der Waals surface area contributed by atoms with E-state index in [-0.39, 0.29) is 0 Å². The second-order valence-electron chi connectivity index (χ2n) is 3.58. The zero-order valence-corrected chi connectivity index (χ0v) is 11.8. The number of alkyl halides is 3. The van der Waals surface area contributed by atoms with Gasteiger partial charge in [-0.1, -0.05) is 0 Å². The number of hydrogen-bond donors (Lipinski definition) is 1. The fourth-order valence-electron chi connectivity index (χ4n) is 1.30. The van der Waals surface area contributed by atoms with Gasteiger partial charge in [-0.15, -0.1) is 11.3 Å². The lowest BCUT2D eigenvalue weighted by molar-refractivity contribution is -0.137. The molecule has 0 amide bonds. The predicted molar refractivity (Wildman–Crippen MR) is 74.7 cm³/mol. The lowest BCUT2D eigenvalue weighted by Crippen LogP contribution is -2.04. The zero-order valence-electron chi connectivity index (χ0n) is 9.41. The Morgan fingerprint density at radius 3 is 2.37 bits per heavy atom. The number of rotatable bonds is 3. The molecule has 100 valence electrons. The van der Waals surface area contributed by atoms with Crippen molar-refractivity contribution in [1.82, 2.24) is 0 Å². The van der Waals surface area contributed by atoms with Crippen molar-refractivity contribution in [3.05, 3.63) is 50.6 Å². The first-order chi connectivity index (χ1) is 8.97. The van der Waals surface area contributed by atoms with Crippen molar-refractivity contribution >= 4 is 39.2 Å². The monoisotopic (exact) mass is 348 g/mol. The van der Waals surface area contributed by atoms with Gasteiger partial charge in [-0.05, 0) is 51.6 Å². The highest BCUT2D eigenvalue weighted by Crippen LogP contribution is 2.29. The highest BCUT2D eigenvalue weighted by Gasteiger charge is 2.29. The maximum atomic E-state index is 12.3. The fraction of sp³-hybridized carbons (Fsp3) is 0.0833. The van der Waals surface area contributed by atoms with Crippen LogP contribution in [0.5, 0.6) is 0 Å². The van der Waals surface area contributed by atoms with E-state index in [0.717, 1.165) is 21.5 Å². The summed E-state index contributed by atoms with van der Waals surface area (Å²) in [6.45, 7) is 0. The maximum Gasteiger partial charge on any atom is 0.416 e. The first-order valence-corrected chi connectivity index (χ1v) is 6.83. The van der Waals surface area contributed by atoms with E-state index in [1.165, 1.54) is 23.5 Å². The molecule has 7 heteroatoms. The van der Waals surface area contributed by atoms with Gasteiger partial charge in [-0.3, -0.25) is 5.43 Å². The molecule has 0 saturated heterocycles. The molecule has 2 rings (SSSR count). The van der Waals surface area contributed by atoms with Gasteiger partial charge < -0.3 is 0 Å². The summed E-state index contributed by atoms with van der Waals surface area (Å²) in [5.41, 5.74) is 2.50. The summed E-state index contributed by atoms with van der Waals surface area (Å²) in [4.78, 5) is 0.930. The Kier molecular flexibility index (Phi) is 4.26. The van der Waals surface area contributed by atoms with E-state index in [0.29, 0.717) is 5.69 Å². The number of halogens is 4. The molecule has 1 heterocycles. The number of thiophene rings is 1. The van der Waals surface area contributed by atoms with Gasteiger partial charge in [0.25, 0.3) is 0 Å². The lowest BCUT2D eigenvalue weighted by atomic mass is 10.2. The van der Waals surface area contributed by atoms with E-state index in [9.17, 15) is 13.2 Å². The Morgan fingerprint density at radius 1 is 1.16 bits per heavy atom. The molecule has 0 unspecified atom stereocenters. The molecule has 0 atom stereocenters. The van der Waals surface area contributed by atoms with Crippen LogP contribution in [0.2, 0.25) is 0 Å². The summed E-state index contributed by atoms with van der Waals surface area (Å²) in [6, 6.07) is 6.59. The minimum atomic E-state index is -4.32. The molecule has 0 aliphatic rings. The minimum Gasteiger partial charge on any atom is -0.278 e. The van der Waals surface area contributed by atoms with E-state index in [1.54, 1.807) is 6.21 Å². The standard InChI is InChI=1S/C12H8BrF3N2S/c13-10-5-6-19-11(10)7-17-18-9-3-1-8(2-4-9)12(14,15)16/h1-7,18H/b17-7+. The highest BCUT2D eigenvalue weighted by molar-refractivity contribution is 9.10. The number of anilines is 1. The highest BCUT2D eigenvalue weighted by atomic mass is 79.9. The Morgan fingerprint density at radius 2 is 1.84 bits per heavy atom. The molecular formula is C12H8BrF3N2S. The fourth-order valence-corrected chi connectivity index (χ4v) is 2.63. The number of nitrogens with one attached hydrogen (secondary N) is 1. The van der Waals surface area contributed by atoms with E-state index < -0.39 is 11.7 Å². The molecular weight excluding hydrogens is 341 g/mol. The molecule has 1 aromatic heterocycles. The zero-order chi connectivity index (χ0) is 13.9. The molecule has 0 spiro atoms. The smallest absolute Gasteiger partial charge is 0.278 e. The average Bonchev–Trinajstić information content (AvgIpc) is 2.75. The van der Waals surface area contributed by atoms with Crippen LogP contribution in [0.4, 0.5) is 18.9 Å². The van der Waals surface area contributed by atoms with Crippen molar-refractivity contribution < 1.29 is 13.2 Å². The molecule has 1 N–H and O–H groups in total. The van der Waals surface area contributed by atoms with Gasteiger partial charge in [-0.2, -0.15) is 18.3 Å². The molecule has 0 aliphatic heterocycles. The molecule has 2 aromatic rings. The predicted octanol–water partition coefficient (Wildman–Crippen LogP) is 4.98. The summed E-state index contributed by atoms with van der Waals surface area (Å²) in [5.74, 6) is 0. The third-order valence-corrected chi connectivity index (χ3v) is 4.04. The van der Waals surface area contributed by atoms with Crippen LogP contribution in [0, 0.1) is 0 Å². The normalized spacial score (nSPS) is 12.0. The second kappa shape index (κ2) is 5.75. The second-order valence-corrected chi connectivity index (χ2v) is 5.38. The first-order valence-electron chi connectivity index (χ1n) is 5.16. The summed E-state index contributed by atoms with van der Waals surface area (Å²) in [6.07, 6.45) is -2.71. The number of nitrogens with zero attached hydrogens (tertiary/aromatic N) is 1. The summed E-state index contributed by atoms with van der Waals surface area (Å²) >= 11 is 4.86. The van der Waals surface area contributed by atoms with Crippen molar-refractivity contribution in [3.8, 4) is 0 Å². The SMILES string of the molecule is FC(F)(F)c1ccc(N/N=C/c2sccc2Br)cc1. The lowest BCUT2D eigenvalue weighted by Gasteiger charge is -2.06. The molecule has 2 nitrogen and oxygen atoms in total. The van der Waals surface area contributed by atoms with Gasteiger partial charge >= 0.3 is 6.18 Å². The Bertz CT molecular complexity index is 575. The first kappa shape index (κ1) is 14.1. The van der Waals surface area contributed by atoms with E-state index in [4.69, 9.17) is 0 Å². The third kappa shape index (κ3) is 3.81. The van der Waals surface area contributed by atoms with Gasteiger partial charge in [0, 0.05) is 4.47 Å². The minimum absolute atomic E-state index is 0.497. The van der Waals surface area contributed by atoms with Gasteiger partial charge in [-0.25, -0.2) is 0 Å². The van der Waals surface area contributed by atoms with E-state index in [1.807, 2.05) is 11.4 Å². The van der Waals surface area contributed by atoms with Crippen LogP contribution in [-0.4, -0.2) is 6.21 Å². The van der Waals surface area contributed by atoms with Crippen LogP contribution in [0.25, 0.3) is 0 Å². The van der Waals surface area contributed by atoms with Gasteiger partial charge in [0.2, 0.25) is 0 Å². The van der Waals surface area contributed by atoms with Gasteiger partial charge in [0.1, 0.15) is 0 Å². The molecule has 0 radical (unpaired) electrons. The summed E-state index contributed by atoms with van der Waals surface area (Å²) < 4.78 is 38.0. The maximum absolute atomic E-state index is 12.3. The van der Waals surface area contributed by atoms with Crippen molar-refractivity contribution in [2.75, 3.05) is 5.43 Å². The van der Waals surface area contributed by atoms with Crippen molar-refractivity contribution in [2.45, 2.75) is 6.18 Å². The van der Waals surface area contributed by atoms with Crippen molar-refractivity contribution in [3.63, 3.8) is 0 Å². The molecule has 0 aliphatic carbocycles. The van der Waals surface area contributed by atoms with Crippen LogP contribution in [0.3, 0.4) is 0 Å². The summed E-state index contributed by atoms with van der Waals surface area (Å²) in [7, 11) is 0. The topological polar surface area (TPSA) is 24.4 Å². The Hall–Kier alpha value is -1.34. The Balaban J connectivity index is 2.01. The molecule has 1 aromatic carbocycles. The molecule has 0 bridgehead atoms. The average molecular weight is 349 g/mol. The van der Waals surface area contributed by atoms with E-state index >= 15 is 0 Å². The largest absolute Gasteiger partial charge is 0.416 e. The van der Waals surface area contributed by atoms with Gasteiger partial charge in [0.05, 0.1) is 22.3 Å². The van der Waals surface area contributed by atoms with Crippen LogP contribution in [0.1, 0.15) is 10.4 Å². The van der Waals surface area contributed by atoms with E-state index in [2.05, 4.69) is 26.5 Å². The van der Waals surface area contributed by atoms with Crippen molar-refractivity contribution in [2.24, 2.45) is 5.10 Å². The van der Waals surface area contributed by atoms with Crippen LogP contribution < -0.4 is 5.43 Å². The third-order valence-electron chi connectivity index (χ3n) is 2.23. The number of hydrazone groups is 1. The number of hydrogen-bond acceptors (Lipinski definition) is 3. The molecule has 19 heavy (non-hydrogen) atoms. The summed E-state index contributed by atoms with van der Waals surface area (Å²) in [5, 5.41) is 5.87. The Labute approximate surface area is 120 Å².